The number of fused-ring (bicyclic) bond motifs is 14. The third-order valence-corrected chi connectivity index (χ3v) is 15.8. The zero-order valence-corrected chi connectivity index (χ0v) is 37.0. The van der Waals surface area contributed by atoms with Crippen molar-refractivity contribution < 1.29 is 0 Å². The van der Waals surface area contributed by atoms with Gasteiger partial charge in [0.1, 0.15) is 0 Å². The van der Waals surface area contributed by atoms with Gasteiger partial charge < -0.3 is 9.47 Å². The zero-order chi connectivity index (χ0) is 44.2. The minimum atomic E-state index is -0.0492. The summed E-state index contributed by atoms with van der Waals surface area (Å²) >= 11 is 0. The van der Waals surface area contributed by atoms with E-state index in [2.05, 4.69) is 240 Å². The average molecular weight is 857 g/mol. The quantitative estimate of drug-likeness (QED) is 0.126. The van der Waals surface area contributed by atoms with Crippen LogP contribution in [-0.4, -0.2) is 18.0 Å². The number of nitrogens with zero attached hydrogens (tertiary/aromatic N) is 2. The molecule has 0 unspecified atom stereocenters. The highest BCUT2D eigenvalue weighted by Crippen LogP contribution is 2.51. The van der Waals surface area contributed by atoms with Gasteiger partial charge in [-0.15, -0.1) is 0 Å². The van der Waals surface area contributed by atoms with Crippen molar-refractivity contribution in [2.24, 2.45) is 0 Å². The second kappa shape index (κ2) is 13.5. The molecule has 0 amide bonds. The Bertz CT molecular complexity index is 4290. The fourth-order valence-electron chi connectivity index (χ4n) is 13.4. The van der Waals surface area contributed by atoms with E-state index in [4.69, 9.17) is 0 Å². The Morgan fingerprint density at radius 1 is 0.279 bits per heavy atom. The SMILES string of the molecule is c1ccc(-c2ccccc2B2c3c(c4cccc5c6c(c7cccc3c7c54)N(c3ccccc3-c3ccccc3)c3cccc4c3B6c3ccccc3-4)-n3c4ccccc4c4cccc2c43)cc1. The molecule has 0 saturated heterocycles. The number of hydrogen-bond donors (Lipinski definition) is 0. The molecule has 13 aromatic rings. The monoisotopic (exact) mass is 856 g/mol. The Morgan fingerprint density at radius 2 is 0.765 bits per heavy atom. The van der Waals surface area contributed by atoms with E-state index in [1.54, 1.807) is 0 Å². The van der Waals surface area contributed by atoms with Crippen molar-refractivity contribution in [3.63, 3.8) is 0 Å². The Balaban J connectivity index is 1.12. The molecule has 0 radical (unpaired) electrons. The molecule has 3 aliphatic rings. The summed E-state index contributed by atoms with van der Waals surface area (Å²) in [5.74, 6) is 0. The number of anilines is 3. The van der Waals surface area contributed by atoms with E-state index in [0.717, 1.165) is 0 Å². The summed E-state index contributed by atoms with van der Waals surface area (Å²) in [6, 6.07) is 86.9. The molecule has 0 atom stereocenters. The first kappa shape index (κ1) is 36.6. The summed E-state index contributed by atoms with van der Waals surface area (Å²) in [5.41, 5.74) is 23.3. The van der Waals surface area contributed by atoms with Crippen molar-refractivity contribution in [1.29, 1.82) is 0 Å². The smallest absolute Gasteiger partial charge is 0.249 e. The van der Waals surface area contributed by atoms with Gasteiger partial charge in [-0.05, 0) is 89.4 Å². The van der Waals surface area contributed by atoms with Crippen LogP contribution in [0.25, 0.3) is 93.2 Å². The summed E-state index contributed by atoms with van der Waals surface area (Å²) in [6.07, 6.45) is 0. The van der Waals surface area contributed by atoms with E-state index in [9.17, 15) is 0 Å². The summed E-state index contributed by atoms with van der Waals surface area (Å²) in [7, 11) is 0. The van der Waals surface area contributed by atoms with Crippen LogP contribution in [0.15, 0.2) is 231 Å². The fourth-order valence-corrected chi connectivity index (χ4v) is 13.4. The second-order valence-electron chi connectivity index (χ2n) is 18.9. The van der Waals surface area contributed by atoms with Gasteiger partial charge in [0.05, 0.1) is 11.2 Å². The molecule has 12 aromatic carbocycles. The molecule has 0 fully saturated rings. The third kappa shape index (κ3) is 4.59. The van der Waals surface area contributed by atoms with E-state index in [1.807, 2.05) is 0 Å². The number of rotatable bonds is 4. The molecule has 310 valence electrons. The number of aromatic nitrogens is 1. The number of benzene rings is 12. The molecule has 1 aromatic heterocycles. The first-order valence-electron chi connectivity index (χ1n) is 23.9. The summed E-state index contributed by atoms with van der Waals surface area (Å²) in [4.78, 5) is 2.65. The molecule has 3 aliphatic heterocycles. The first-order valence-corrected chi connectivity index (χ1v) is 23.9. The minimum Gasteiger partial charge on any atom is -0.310 e. The van der Waals surface area contributed by atoms with Crippen molar-refractivity contribution in [2.45, 2.75) is 0 Å². The summed E-state index contributed by atoms with van der Waals surface area (Å²) in [6.45, 7) is 0.00905. The van der Waals surface area contributed by atoms with Crippen LogP contribution in [0.5, 0.6) is 0 Å². The van der Waals surface area contributed by atoms with Crippen LogP contribution in [0.2, 0.25) is 0 Å². The van der Waals surface area contributed by atoms with Gasteiger partial charge >= 0.3 is 0 Å². The fraction of sp³-hybridized carbons (Fsp3) is 0. The lowest BCUT2D eigenvalue weighted by molar-refractivity contribution is 1.21. The van der Waals surface area contributed by atoms with Crippen LogP contribution in [0.1, 0.15) is 0 Å². The molecular formula is C64H38B2N2. The van der Waals surface area contributed by atoms with Crippen LogP contribution in [-0.2, 0) is 0 Å². The van der Waals surface area contributed by atoms with Crippen LogP contribution < -0.4 is 37.7 Å². The van der Waals surface area contributed by atoms with E-state index < -0.39 is 0 Å². The molecule has 4 heterocycles. The van der Waals surface area contributed by atoms with E-state index in [-0.39, 0.29) is 13.4 Å². The standard InChI is InChI=1S/C64H38B2N2/c1-3-19-39(20-4-1)41-23-7-11-33-51(41)65-53-35-17-28-46-44-26-10-14-37-55(44)68(62(46)53)64-50-32-16-30-48-58(50)57-47(60(64)65)29-15-31-49(57)63-61(48)66-52-34-12-8-25-43(52)45-27-18-38-56(59(45)66)67(63)54-36-13-9-24-42(54)40-21-5-2-6-22-40/h1-38H. The van der Waals surface area contributed by atoms with Gasteiger partial charge in [0.2, 0.25) is 13.4 Å². The third-order valence-electron chi connectivity index (χ3n) is 15.8. The Labute approximate surface area is 394 Å². The normalized spacial score (nSPS) is 13.2. The largest absolute Gasteiger partial charge is 0.310 e. The van der Waals surface area contributed by atoms with Crippen LogP contribution in [0, 0.1) is 0 Å². The van der Waals surface area contributed by atoms with Crippen molar-refractivity contribution in [1.82, 2.24) is 4.57 Å². The van der Waals surface area contributed by atoms with E-state index >= 15 is 0 Å². The van der Waals surface area contributed by atoms with Crippen molar-refractivity contribution in [3.05, 3.63) is 231 Å². The average Bonchev–Trinajstić information content (AvgIpc) is 3.93. The molecule has 0 spiro atoms. The Kier molecular flexibility index (Phi) is 7.27. The highest BCUT2D eigenvalue weighted by Gasteiger charge is 2.46. The van der Waals surface area contributed by atoms with Gasteiger partial charge in [0.25, 0.3) is 0 Å². The lowest BCUT2D eigenvalue weighted by Crippen LogP contribution is -2.57. The molecule has 0 saturated carbocycles. The van der Waals surface area contributed by atoms with Crippen LogP contribution >= 0.6 is 0 Å². The molecule has 0 aliphatic carbocycles. The Hall–Kier alpha value is -8.59. The molecule has 4 heteroatoms. The molecule has 16 rings (SSSR count). The lowest BCUT2D eigenvalue weighted by atomic mass is 9.33. The van der Waals surface area contributed by atoms with Gasteiger partial charge in [-0.25, -0.2) is 0 Å². The van der Waals surface area contributed by atoms with Crippen LogP contribution in [0.4, 0.5) is 17.1 Å². The van der Waals surface area contributed by atoms with Crippen LogP contribution in [0.3, 0.4) is 0 Å². The highest BCUT2D eigenvalue weighted by atomic mass is 15.2. The van der Waals surface area contributed by atoms with Gasteiger partial charge in [-0.1, -0.05) is 223 Å². The molecule has 2 nitrogen and oxygen atoms in total. The molecule has 68 heavy (non-hydrogen) atoms. The maximum Gasteiger partial charge on any atom is 0.249 e. The van der Waals surface area contributed by atoms with Gasteiger partial charge in [-0.2, -0.15) is 0 Å². The molecule has 0 bridgehead atoms. The molecular weight excluding hydrogens is 818 g/mol. The number of para-hydroxylation sites is 3. The van der Waals surface area contributed by atoms with Crippen molar-refractivity contribution >= 4 is 117 Å². The second-order valence-corrected chi connectivity index (χ2v) is 18.9. The predicted molar refractivity (Wildman–Crippen MR) is 291 cm³/mol. The predicted octanol–water partition coefficient (Wildman–Crippen LogP) is 12.1. The Morgan fingerprint density at radius 3 is 1.53 bits per heavy atom. The number of hydrogen-bond acceptors (Lipinski definition) is 1. The first-order chi connectivity index (χ1) is 33.8. The van der Waals surface area contributed by atoms with Gasteiger partial charge in [-0.3, -0.25) is 0 Å². The van der Waals surface area contributed by atoms with E-state index in [1.165, 1.54) is 143 Å². The summed E-state index contributed by atoms with van der Waals surface area (Å²) < 4.78 is 2.65. The zero-order valence-electron chi connectivity index (χ0n) is 37.0. The van der Waals surface area contributed by atoms with Gasteiger partial charge in [0.15, 0.2) is 0 Å². The lowest BCUT2D eigenvalue weighted by Gasteiger charge is -2.39. The van der Waals surface area contributed by atoms with Crippen molar-refractivity contribution in [2.75, 3.05) is 4.90 Å². The van der Waals surface area contributed by atoms with E-state index in [0.29, 0.717) is 0 Å². The topological polar surface area (TPSA) is 8.17 Å². The highest BCUT2D eigenvalue weighted by molar-refractivity contribution is 7.03. The van der Waals surface area contributed by atoms with Crippen molar-refractivity contribution in [3.8, 4) is 39.1 Å². The van der Waals surface area contributed by atoms with Gasteiger partial charge in [0, 0.05) is 49.7 Å². The minimum absolute atomic E-state index is 0.0492. The maximum atomic E-state index is 2.65. The maximum absolute atomic E-state index is 2.65. The molecule has 0 N–H and O–H groups in total. The summed E-state index contributed by atoms with van der Waals surface area (Å²) in [5, 5.41) is 10.5.